The minimum atomic E-state index is -0.413. The van der Waals surface area contributed by atoms with Gasteiger partial charge in [-0.05, 0) is 38.8 Å². The van der Waals surface area contributed by atoms with Crippen LogP contribution in [0.15, 0.2) is 23.2 Å². The Morgan fingerprint density at radius 1 is 1.43 bits per heavy atom. The van der Waals surface area contributed by atoms with Gasteiger partial charge in [0.15, 0.2) is 5.17 Å². The van der Waals surface area contributed by atoms with Crippen LogP contribution in [-0.2, 0) is 9.59 Å². The SMILES string of the molecule is CC[C@H](C)N=C1NC(=O)[C@@H](CC(=O)Nc2ccc(C)cc2C)S1. The Morgan fingerprint density at radius 3 is 2.83 bits per heavy atom. The zero-order valence-electron chi connectivity index (χ0n) is 14.0. The number of rotatable bonds is 5. The number of amides is 2. The molecular formula is C17H23N3O2S. The molecule has 0 aromatic heterocycles. The maximum absolute atomic E-state index is 12.2. The van der Waals surface area contributed by atoms with Crippen molar-refractivity contribution in [2.45, 2.75) is 51.8 Å². The number of anilines is 1. The summed E-state index contributed by atoms with van der Waals surface area (Å²) in [6, 6.07) is 6.03. The summed E-state index contributed by atoms with van der Waals surface area (Å²) < 4.78 is 0. The normalized spacial score (nSPS) is 20.4. The van der Waals surface area contributed by atoms with E-state index in [1.54, 1.807) is 0 Å². The van der Waals surface area contributed by atoms with Gasteiger partial charge in [-0.1, -0.05) is 36.4 Å². The summed E-state index contributed by atoms with van der Waals surface area (Å²) in [4.78, 5) is 28.6. The molecule has 2 atom stereocenters. The van der Waals surface area contributed by atoms with E-state index in [4.69, 9.17) is 0 Å². The average molecular weight is 333 g/mol. The molecule has 0 unspecified atom stereocenters. The van der Waals surface area contributed by atoms with E-state index >= 15 is 0 Å². The molecule has 2 N–H and O–H groups in total. The van der Waals surface area contributed by atoms with Crippen LogP contribution in [0.25, 0.3) is 0 Å². The van der Waals surface area contributed by atoms with E-state index in [0.29, 0.717) is 5.17 Å². The molecule has 0 bridgehead atoms. The fourth-order valence-electron chi connectivity index (χ4n) is 2.22. The van der Waals surface area contributed by atoms with Crippen molar-refractivity contribution in [2.24, 2.45) is 4.99 Å². The monoisotopic (exact) mass is 333 g/mol. The average Bonchev–Trinajstić information content (AvgIpc) is 2.81. The minimum Gasteiger partial charge on any atom is -0.326 e. The molecule has 124 valence electrons. The van der Waals surface area contributed by atoms with Crippen LogP contribution < -0.4 is 10.6 Å². The number of carbonyl (C=O) groups excluding carboxylic acids is 2. The van der Waals surface area contributed by atoms with Gasteiger partial charge in [-0.15, -0.1) is 0 Å². The number of carbonyl (C=O) groups is 2. The highest BCUT2D eigenvalue weighted by Gasteiger charge is 2.32. The molecule has 6 heteroatoms. The van der Waals surface area contributed by atoms with Crippen molar-refractivity contribution in [3.8, 4) is 0 Å². The fourth-order valence-corrected chi connectivity index (χ4v) is 3.29. The van der Waals surface area contributed by atoms with Crippen LogP contribution in [0.1, 0.15) is 37.8 Å². The van der Waals surface area contributed by atoms with Crippen molar-refractivity contribution in [3.63, 3.8) is 0 Å². The Hall–Kier alpha value is -1.82. The molecule has 2 rings (SSSR count). The first-order valence-corrected chi connectivity index (χ1v) is 8.69. The van der Waals surface area contributed by atoms with Crippen LogP contribution in [0.4, 0.5) is 5.69 Å². The van der Waals surface area contributed by atoms with Crippen molar-refractivity contribution in [2.75, 3.05) is 5.32 Å². The minimum absolute atomic E-state index is 0.142. The quantitative estimate of drug-likeness (QED) is 0.870. The highest BCUT2D eigenvalue weighted by atomic mass is 32.2. The van der Waals surface area contributed by atoms with E-state index in [9.17, 15) is 9.59 Å². The lowest BCUT2D eigenvalue weighted by atomic mass is 10.1. The summed E-state index contributed by atoms with van der Waals surface area (Å²) in [7, 11) is 0. The van der Waals surface area contributed by atoms with Crippen LogP contribution in [0.2, 0.25) is 0 Å². The second kappa shape index (κ2) is 7.64. The Labute approximate surface area is 141 Å². The summed E-state index contributed by atoms with van der Waals surface area (Å²) in [5, 5.41) is 5.84. The van der Waals surface area contributed by atoms with E-state index < -0.39 is 5.25 Å². The zero-order chi connectivity index (χ0) is 17.0. The Bertz CT molecular complexity index is 643. The van der Waals surface area contributed by atoms with Gasteiger partial charge in [-0.25, -0.2) is 0 Å². The summed E-state index contributed by atoms with van der Waals surface area (Å²) in [5.41, 5.74) is 2.95. The molecule has 1 aliphatic rings. The molecule has 1 aromatic carbocycles. The Kier molecular flexibility index (Phi) is 5.82. The maximum Gasteiger partial charge on any atom is 0.240 e. The number of thioether (sulfide) groups is 1. The molecule has 1 heterocycles. The number of benzene rings is 1. The predicted molar refractivity (Wildman–Crippen MR) is 95.9 cm³/mol. The van der Waals surface area contributed by atoms with E-state index in [1.807, 2.05) is 45.9 Å². The first kappa shape index (κ1) is 17.5. The fraction of sp³-hybridized carbons (Fsp3) is 0.471. The molecule has 5 nitrogen and oxygen atoms in total. The number of hydrogen-bond acceptors (Lipinski definition) is 4. The number of hydrogen-bond donors (Lipinski definition) is 2. The van der Waals surface area contributed by atoms with Gasteiger partial charge in [0.1, 0.15) is 5.25 Å². The van der Waals surface area contributed by atoms with Crippen molar-refractivity contribution in [3.05, 3.63) is 29.3 Å². The number of nitrogens with zero attached hydrogens (tertiary/aromatic N) is 1. The Morgan fingerprint density at radius 2 is 2.17 bits per heavy atom. The van der Waals surface area contributed by atoms with Crippen LogP contribution in [0.5, 0.6) is 0 Å². The van der Waals surface area contributed by atoms with Crippen molar-refractivity contribution in [1.29, 1.82) is 0 Å². The van der Waals surface area contributed by atoms with Crippen LogP contribution >= 0.6 is 11.8 Å². The summed E-state index contributed by atoms with van der Waals surface area (Å²) in [6.45, 7) is 8.01. The van der Waals surface area contributed by atoms with Crippen LogP contribution in [0, 0.1) is 13.8 Å². The summed E-state index contributed by atoms with van der Waals surface area (Å²) >= 11 is 1.34. The molecule has 0 radical (unpaired) electrons. The molecular weight excluding hydrogens is 310 g/mol. The van der Waals surface area contributed by atoms with Crippen molar-refractivity contribution >= 4 is 34.4 Å². The molecule has 0 aliphatic carbocycles. The van der Waals surface area contributed by atoms with Gasteiger partial charge < -0.3 is 10.6 Å². The van der Waals surface area contributed by atoms with E-state index in [1.165, 1.54) is 11.8 Å². The number of amidine groups is 1. The van der Waals surface area contributed by atoms with Gasteiger partial charge in [-0.2, -0.15) is 0 Å². The molecule has 0 saturated carbocycles. The summed E-state index contributed by atoms with van der Waals surface area (Å²) in [6.07, 6.45) is 1.06. The smallest absolute Gasteiger partial charge is 0.240 e. The molecule has 1 aromatic rings. The molecule has 1 saturated heterocycles. The highest BCUT2D eigenvalue weighted by Crippen LogP contribution is 2.24. The van der Waals surface area contributed by atoms with Gasteiger partial charge in [0, 0.05) is 18.2 Å². The molecule has 23 heavy (non-hydrogen) atoms. The predicted octanol–water partition coefficient (Wildman–Crippen LogP) is 3.02. The van der Waals surface area contributed by atoms with Gasteiger partial charge in [-0.3, -0.25) is 14.6 Å². The standard InChI is InChI=1S/C17H23N3O2S/c1-5-12(4)18-17-20-16(22)14(23-17)9-15(21)19-13-7-6-10(2)8-11(13)3/h6-8,12,14H,5,9H2,1-4H3,(H,19,21)(H,18,20,22)/t12-,14+/m0/s1. The third-order valence-corrected chi connectivity index (χ3v) is 4.83. The molecule has 2 amide bonds. The largest absolute Gasteiger partial charge is 0.326 e. The van der Waals surface area contributed by atoms with Gasteiger partial charge in [0.05, 0.1) is 0 Å². The van der Waals surface area contributed by atoms with E-state index in [2.05, 4.69) is 15.6 Å². The summed E-state index contributed by atoms with van der Waals surface area (Å²) in [5.74, 6) is -0.303. The zero-order valence-corrected chi connectivity index (χ0v) is 14.8. The first-order valence-electron chi connectivity index (χ1n) is 7.81. The highest BCUT2D eigenvalue weighted by molar-refractivity contribution is 8.15. The van der Waals surface area contributed by atoms with Gasteiger partial charge in [0.2, 0.25) is 11.8 Å². The lowest BCUT2D eigenvalue weighted by Crippen LogP contribution is -2.28. The lowest BCUT2D eigenvalue weighted by Gasteiger charge is -2.10. The van der Waals surface area contributed by atoms with Crippen molar-refractivity contribution in [1.82, 2.24) is 5.32 Å². The second-order valence-corrected chi connectivity index (χ2v) is 7.05. The van der Waals surface area contributed by atoms with E-state index in [-0.39, 0.29) is 24.3 Å². The topological polar surface area (TPSA) is 70.6 Å². The third-order valence-electron chi connectivity index (χ3n) is 3.73. The first-order chi connectivity index (χ1) is 10.9. The molecule has 1 fully saturated rings. The second-order valence-electron chi connectivity index (χ2n) is 5.86. The lowest BCUT2D eigenvalue weighted by molar-refractivity contribution is -0.122. The number of aliphatic imine (C=N–C) groups is 1. The van der Waals surface area contributed by atoms with E-state index in [0.717, 1.165) is 23.2 Å². The maximum atomic E-state index is 12.2. The molecule has 0 spiro atoms. The Balaban J connectivity index is 1.95. The number of aryl methyl sites for hydroxylation is 2. The van der Waals surface area contributed by atoms with Crippen LogP contribution in [-0.4, -0.2) is 28.3 Å². The molecule has 1 aliphatic heterocycles. The van der Waals surface area contributed by atoms with Crippen molar-refractivity contribution < 1.29 is 9.59 Å². The van der Waals surface area contributed by atoms with Gasteiger partial charge in [0.25, 0.3) is 0 Å². The number of nitrogens with one attached hydrogen (secondary N) is 2. The van der Waals surface area contributed by atoms with Crippen LogP contribution in [0.3, 0.4) is 0 Å². The third kappa shape index (κ3) is 4.82. The van der Waals surface area contributed by atoms with Gasteiger partial charge >= 0.3 is 0 Å².